The van der Waals surface area contributed by atoms with Crippen LogP contribution in [0.5, 0.6) is 11.6 Å². The van der Waals surface area contributed by atoms with E-state index in [0.717, 1.165) is 4.90 Å². The van der Waals surface area contributed by atoms with Crippen LogP contribution in [0.3, 0.4) is 0 Å². The van der Waals surface area contributed by atoms with E-state index in [1.54, 1.807) is 51.1 Å². The number of likely N-dealkylation sites (tertiary alicyclic amines) is 1. The number of anilines is 2. The number of nitrogens with one attached hydrogen (secondary N) is 2. The van der Waals surface area contributed by atoms with Crippen molar-refractivity contribution in [1.29, 1.82) is 0 Å². The van der Waals surface area contributed by atoms with E-state index in [-0.39, 0.29) is 48.7 Å². The Balaban J connectivity index is 1.47. The second kappa shape index (κ2) is 12.6. The van der Waals surface area contributed by atoms with E-state index in [9.17, 15) is 27.1 Å². The number of hydrogen-bond acceptors (Lipinski definition) is 8. The quantitative estimate of drug-likeness (QED) is 0.209. The Bertz CT molecular complexity index is 1810. The van der Waals surface area contributed by atoms with Crippen molar-refractivity contribution in [3.05, 3.63) is 66.2 Å². The van der Waals surface area contributed by atoms with Gasteiger partial charge in [0.05, 0.1) is 29.2 Å². The standard InChI is InChI=1S/C30H32F2N6O5S/c1-17(2)16-44(41,42)37-26-21-7-6-18(3)27(22(21)8-9-24(26)32)43-28-23(5-4-11-33-28)25-10-12-34-29(36-25)35-20-13-19(31)14-38(15-20)30(39)40/h4-12,17,19-20,37H,13-16H2,1-3H3,(H,39,40)(H,34,35,36). The van der Waals surface area contributed by atoms with Crippen LogP contribution in [-0.4, -0.2) is 70.5 Å². The Morgan fingerprint density at radius 1 is 1.11 bits per heavy atom. The molecule has 232 valence electrons. The van der Waals surface area contributed by atoms with Gasteiger partial charge >= 0.3 is 6.09 Å². The molecule has 2 aromatic carbocycles. The molecule has 0 spiro atoms. The van der Waals surface area contributed by atoms with Crippen molar-refractivity contribution in [1.82, 2.24) is 19.9 Å². The fraction of sp³-hybridized carbons (Fsp3) is 0.333. The first-order valence-corrected chi connectivity index (χ1v) is 15.6. The van der Waals surface area contributed by atoms with E-state index in [2.05, 4.69) is 25.0 Å². The lowest BCUT2D eigenvalue weighted by Crippen LogP contribution is -2.49. The highest BCUT2D eigenvalue weighted by Gasteiger charge is 2.30. The summed E-state index contributed by atoms with van der Waals surface area (Å²) in [5, 5.41) is 13.1. The summed E-state index contributed by atoms with van der Waals surface area (Å²) in [6.45, 7) is 5.23. The number of fused-ring (bicyclic) bond motifs is 1. The number of carboxylic acid groups (broad SMARTS) is 1. The number of rotatable bonds is 9. The van der Waals surface area contributed by atoms with Crippen LogP contribution in [0.4, 0.5) is 25.2 Å². The lowest BCUT2D eigenvalue weighted by molar-refractivity contribution is 0.102. The predicted octanol–water partition coefficient (Wildman–Crippen LogP) is 5.83. The van der Waals surface area contributed by atoms with Crippen molar-refractivity contribution < 1.29 is 31.8 Å². The van der Waals surface area contributed by atoms with Crippen LogP contribution in [0, 0.1) is 18.7 Å². The third kappa shape index (κ3) is 6.96. The highest BCUT2D eigenvalue weighted by Crippen LogP contribution is 2.39. The minimum Gasteiger partial charge on any atom is -0.465 e. The lowest BCUT2D eigenvalue weighted by atomic mass is 10.0. The van der Waals surface area contributed by atoms with Crippen molar-refractivity contribution in [3.8, 4) is 22.9 Å². The minimum absolute atomic E-state index is 0.0845. The van der Waals surface area contributed by atoms with Gasteiger partial charge < -0.3 is 20.1 Å². The van der Waals surface area contributed by atoms with Gasteiger partial charge in [-0.2, -0.15) is 0 Å². The first kappa shape index (κ1) is 30.9. The summed E-state index contributed by atoms with van der Waals surface area (Å²) in [7, 11) is -3.81. The first-order chi connectivity index (χ1) is 20.9. The Labute approximate surface area is 253 Å². The summed E-state index contributed by atoms with van der Waals surface area (Å²) >= 11 is 0. The van der Waals surface area contributed by atoms with Gasteiger partial charge in [0.25, 0.3) is 0 Å². The molecule has 2 atom stereocenters. The zero-order valence-electron chi connectivity index (χ0n) is 24.3. The number of piperidine rings is 1. The molecule has 3 heterocycles. The summed E-state index contributed by atoms with van der Waals surface area (Å²) in [6.07, 6.45) is 0.636. The van der Waals surface area contributed by atoms with E-state index >= 15 is 0 Å². The van der Waals surface area contributed by atoms with E-state index in [1.807, 2.05) is 0 Å². The maximum atomic E-state index is 15.0. The number of pyridine rings is 1. The predicted molar refractivity (Wildman–Crippen MR) is 163 cm³/mol. The SMILES string of the molecule is Cc1ccc2c(NS(=O)(=O)CC(C)C)c(F)ccc2c1Oc1ncccc1-c1ccnc(NC2CC(F)CN(C(=O)O)C2)n1. The Hall–Kier alpha value is -4.59. The molecule has 44 heavy (non-hydrogen) atoms. The topological polar surface area (TPSA) is 147 Å². The van der Waals surface area contributed by atoms with E-state index in [4.69, 9.17) is 4.74 Å². The number of sulfonamides is 1. The molecule has 14 heteroatoms. The molecular formula is C30H32F2N6O5S. The van der Waals surface area contributed by atoms with Gasteiger partial charge in [0.1, 0.15) is 17.7 Å². The van der Waals surface area contributed by atoms with Crippen molar-refractivity contribution in [2.45, 2.75) is 39.4 Å². The summed E-state index contributed by atoms with van der Waals surface area (Å²) in [4.78, 5) is 25.6. The Morgan fingerprint density at radius 2 is 1.89 bits per heavy atom. The second-order valence-electron chi connectivity index (χ2n) is 11.1. The number of aromatic nitrogens is 3. The van der Waals surface area contributed by atoms with Gasteiger partial charge in [-0.3, -0.25) is 4.72 Å². The number of alkyl halides is 1. The monoisotopic (exact) mass is 626 g/mol. The van der Waals surface area contributed by atoms with Crippen LogP contribution < -0.4 is 14.8 Å². The molecule has 1 amide bonds. The maximum Gasteiger partial charge on any atom is 0.407 e. The van der Waals surface area contributed by atoms with Crippen LogP contribution >= 0.6 is 0 Å². The fourth-order valence-electron chi connectivity index (χ4n) is 5.16. The average Bonchev–Trinajstić information content (AvgIpc) is 2.95. The molecule has 0 saturated carbocycles. The summed E-state index contributed by atoms with van der Waals surface area (Å²) in [5.74, 6) is -0.339. The molecule has 11 nitrogen and oxygen atoms in total. The molecule has 2 aromatic heterocycles. The van der Waals surface area contributed by atoms with E-state index in [1.165, 1.54) is 24.5 Å². The largest absolute Gasteiger partial charge is 0.465 e. The molecule has 3 N–H and O–H groups in total. The molecule has 0 bridgehead atoms. The molecule has 0 radical (unpaired) electrons. The number of nitrogens with zero attached hydrogens (tertiary/aromatic N) is 4. The third-order valence-electron chi connectivity index (χ3n) is 7.01. The van der Waals surface area contributed by atoms with Gasteiger partial charge in [-0.1, -0.05) is 26.0 Å². The van der Waals surface area contributed by atoms with Crippen molar-refractivity contribution >= 4 is 38.5 Å². The van der Waals surface area contributed by atoms with E-state index in [0.29, 0.717) is 33.3 Å². The van der Waals surface area contributed by atoms with E-state index < -0.39 is 34.1 Å². The van der Waals surface area contributed by atoms with Crippen LogP contribution in [0.15, 0.2) is 54.9 Å². The number of amides is 1. The number of aryl methyl sites for hydroxylation is 1. The van der Waals surface area contributed by atoms with Gasteiger partial charge in [0, 0.05) is 42.2 Å². The second-order valence-corrected chi connectivity index (χ2v) is 12.9. The normalized spacial score (nSPS) is 17.1. The highest BCUT2D eigenvalue weighted by atomic mass is 32.2. The van der Waals surface area contributed by atoms with Crippen LogP contribution in [-0.2, 0) is 10.0 Å². The van der Waals surface area contributed by atoms with Crippen molar-refractivity contribution in [2.75, 3.05) is 28.9 Å². The molecule has 1 aliphatic rings. The van der Waals surface area contributed by atoms with Crippen LogP contribution in [0.2, 0.25) is 0 Å². The number of halogens is 2. The van der Waals surface area contributed by atoms with Crippen LogP contribution in [0.25, 0.3) is 22.0 Å². The zero-order chi connectivity index (χ0) is 31.6. The third-order valence-corrected chi connectivity index (χ3v) is 8.63. The first-order valence-electron chi connectivity index (χ1n) is 14.0. The Morgan fingerprint density at radius 3 is 2.64 bits per heavy atom. The fourth-order valence-corrected chi connectivity index (χ4v) is 6.64. The summed E-state index contributed by atoms with van der Waals surface area (Å²) < 4.78 is 63.3. The molecular weight excluding hydrogens is 594 g/mol. The van der Waals surface area contributed by atoms with Gasteiger partial charge in [-0.25, -0.2) is 36.9 Å². The molecule has 1 fully saturated rings. The number of benzene rings is 2. The van der Waals surface area contributed by atoms with Gasteiger partial charge in [-0.05, 0) is 48.7 Å². The summed E-state index contributed by atoms with van der Waals surface area (Å²) in [5.41, 5.74) is 1.45. The summed E-state index contributed by atoms with van der Waals surface area (Å²) in [6, 6.07) is 10.6. The molecule has 5 rings (SSSR count). The zero-order valence-corrected chi connectivity index (χ0v) is 25.1. The molecule has 2 unspecified atom stereocenters. The molecule has 4 aromatic rings. The van der Waals surface area contributed by atoms with Crippen molar-refractivity contribution in [3.63, 3.8) is 0 Å². The molecule has 1 saturated heterocycles. The van der Waals surface area contributed by atoms with Gasteiger partial charge in [0.2, 0.25) is 21.9 Å². The number of hydrogen-bond donors (Lipinski definition) is 3. The molecule has 0 aliphatic carbocycles. The minimum atomic E-state index is -3.81. The number of ether oxygens (including phenoxy) is 1. The molecule has 1 aliphatic heterocycles. The van der Waals surface area contributed by atoms with Crippen LogP contribution in [0.1, 0.15) is 25.8 Å². The lowest BCUT2D eigenvalue weighted by Gasteiger charge is -2.33. The average molecular weight is 627 g/mol. The van der Waals surface area contributed by atoms with Gasteiger partial charge in [-0.15, -0.1) is 0 Å². The van der Waals surface area contributed by atoms with Crippen molar-refractivity contribution in [2.24, 2.45) is 5.92 Å². The number of carbonyl (C=O) groups is 1. The highest BCUT2D eigenvalue weighted by molar-refractivity contribution is 7.92. The van der Waals surface area contributed by atoms with Gasteiger partial charge in [0.15, 0.2) is 0 Å². The maximum absolute atomic E-state index is 15.0. The Kier molecular flexibility index (Phi) is 8.81. The smallest absolute Gasteiger partial charge is 0.407 e.